The molecule has 0 aliphatic carbocycles. The van der Waals surface area contributed by atoms with Gasteiger partial charge in [-0.3, -0.25) is 0 Å². The molecule has 0 radical (unpaired) electrons. The molecule has 0 rings (SSSR count). The number of unbranched alkanes of at least 4 members (excludes halogenated alkanes) is 3. The van der Waals surface area contributed by atoms with Crippen molar-refractivity contribution in [3.8, 4) is 0 Å². The minimum absolute atomic E-state index is 1.38. The zero-order valence-electron chi connectivity index (χ0n) is 13.0. The second-order valence-corrected chi connectivity index (χ2v) is 19.7. The fourth-order valence-corrected chi connectivity index (χ4v) is 17.9. The van der Waals surface area contributed by atoms with Crippen molar-refractivity contribution in [1.82, 2.24) is 0 Å². The van der Waals surface area contributed by atoms with Gasteiger partial charge in [0.25, 0.3) is 0 Å². The van der Waals surface area contributed by atoms with Crippen LogP contribution in [0.5, 0.6) is 0 Å². The Kier molecular flexibility index (Phi) is 12.5. The first-order valence-electron chi connectivity index (χ1n) is 8.02. The summed E-state index contributed by atoms with van der Waals surface area (Å²) in [5.74, 6) is 0. The summed E-state index contributed by atoms with van der Waals surface area (Å²) in [4.78, 5) is 0. The van der Waals surface area contributed by atoms with Crippen LogP contribution in [0.25, 0.3) is 0 Å². The average Bonchev–Trinajstić information content (AvgIpc) is 2.40. The summed E-state index contributed by atoms with van der Waals surface area (Å²) in [6, 6.07) is 0. The van der Waals surface area contributed by atoms with Crippen molar-refractivity contribution in [2.75, 3.05) is 0 Å². The van der Waals surface area contributed by atoms with Crippen LogP contribution < -0.4 is 0 Å². The van der Waals surface area contributed by atoms with Gasteiger partial charge in [-0.25, -0.2) is 0 Å². The van der Waals surface area contributed by atoms with Crippen molar-refractivity contribution in [3.63, 3.8) is 0 Å². The minimum atomic E-state index is -1.85. The third-order valence-electron chi connectivity index (χ3n) is 4.01. The number of hydrogen-bond donors (Lipinski definition) is 0. The Balaban J connectivity index is 4.60. The third-order valence-corrected chi connectivity index (χ3v) is 19.3. The summed E-state index contributed by atoms with van der Waals surface area (Å²) in [6.45, 7) is 10.8. The molecule has 1 heteroatoms. The summed E-state index contributed by atoms with van der Waals surface area (Å²) in [6.07, 6.45) is 15.1. The Bertz CT molecular complexity index is 196. The summed E-state index contributed by atoms with van der Waals surface area (Å²) >= 11 is -1.85. The fraction of sp³-hybridized carbons (Fsp3) is 0.765. The van der Waals surface area contributed by atoms with Crippen LogP contribution in [0.2, 0.25) is 17.7 Å². The van der Waals surface area contributed by atoms with Crippen molar-refractivity contribution < 1.29 is 0 Å². The molecule has 0 aliphatic heterocycles. The van der Waals surface area contributed by atoms with Crippen molar-refractivity contribution in [1.29, 1.82) is 0 Å². The van der Waals surface area contributed by atoms with Crippen molar-refractivity contribution in [2.24, 2.45) is 0 Å². The van der Waals surface area contributed by atoms with Crippen molar-refractivity contribution in [3.05, 3.63) is 24.8 Å². The SMILES string of the molecule is C=C/C=C/[CH2][Sn]([CH2]CCC)([CH2]CCC)[CH2]CCC. The summed E-state index contributed by atoms with van der Waals surface area (Å²) in [7, 11) is 0. The second kappa shape index (κ2) is 12.3. The van der Waals surface area contributed by atoms with Crippen molar-refractivity contribution in [2.45, 2.75) is 77.0 Å². The normalized spacial score (nSPS) is 12.2. The van der Waals surface area contributed by atoms with Gasteiger partial charge in [0.1, 0.15) is 0 Å². The van der Waals surface area contributed by atoms with Crippen LogP contribution in [0.4, 0.5) is 0 Å². The van der Waals surface area contributed by atoms with E-state index in [0.29, 0.717) is 0 Å². The van der Waals surface area contributed by atoms with Gasteiger partial charge in [0.05, 0.1) is 0 Å². The second-order valence-electron chi connectivity index (χ2n) is 5.68. The van der Waals surface area contributed by atoms with Crippen LogP contribution in [0.15, 0.2) is 24.8 Å². The van der Waals surface area contributed by atoms with Gasteiger partial charge in [-0.1, -0.05) is 0 Å². The molecule has 0 bridgehead atoms. The molecular weight excluding hydrogens is 323 g/mol. The fourth-order valence-electron chi connectivity index (χ4n) is 2.75. The number of hydrogen-bond acceptors (Lipinski definition) is 0. The molecule has 0 N–H and O–H groups in total. The van der Waals surface area contributed by atoms with E-state index in [1.165, 1.54) is 43.0 Å². The number of rotatable bonds is 12. The van der Waals surface area contributed by atoms with E-state index in [0.717, 1.165) is 0 Å². The number of allylic oxidation sites excluding steroid dienone is 3. The van der Waals surface area contributed by atoms with Gasteiger partial charge < -0.3 is 0 Å². The molecule has 0 aromatic rings. The van der Waals surface area contributed by atoms with E-state index in [4.69, 9.17) is 0 Å². The van der Waals surface area contributed by atoms with Crippen LogP contribution in [0, 0.1) is 0 Å². The average molecular weight is 357 g/mol. The summed E-state index contributed by atoms with van der Waals surface area (Å²) in [5.41, 5.74) is 0. The molecule has 0 aromatic carbocycles. The Morgan fingerprint density at radius 3 is 1.61 bits per heavy atom. The Labute approximate surface area is 120 Å². The molecule has 0 spiro atoms. The molecule has 0 saturated carbocycles. The molecule has 0 unspecified atom stereocenters. The molecule has 0 atom stereocenters. The van der Waals surface area contributed by atoms with E-state index < -0.39 is 18.4 Å². The Hall–Kier alpha value is 0.279. The first-order chi connectivity index (χ1) is 8.74. The van der Waals surface area contributed by atoms with E-state index in [1.807, 2.05) is 6.08 Å². The monoisotopic (exact) mass is 358 g/mol. The van der Waals surface area contributed by atoms with Gasteiger partial charge in [-0.15, -0.1) is 0 Å². The maximum absolute atomic E-state index is 3.80. The zero-order chi connectivity index (χ0) is 13.7. The van der Waals surface area contributed by atoms with Gasteiger partial charge >= 0.3 is 120 Å². The zero-order valence-corrected chi connectivity index (χ0v) is 15.9. The van der Waals surface area contributed by atoms with Crippen LogP contribution >= 0.6 is 0 Å². The quantitative estimate of drug-likeness (QED) is 0.273. The van der Waals surface area contributed by atoms with E-state index in [2.05, 4.69) is 39.5 Å². The van der Waals surface area contributed by atoms with Gasteiger partial charge in [0, 0.05) is 0 Å². The van der Waals surface area contributed by atoms with Gasteiger partial charge in [-0.05, 0) is 0 Å². The maximum atomic E-state index is 3.80. The summed E-state index contributed by atoms with van der Waals surface area (Å²) in [5, 5.41) is 0. The van der Waals surface area contributed by atoms with Crippen LogP contribution in [0.1, 0.15) is 59.3 Å². The van der Waals surface area contributed by atoms with E-state index in [-0.39, 0.29) is 0 Å². The van der Waals surface area contributed by atoms with Gasteiger partial charge in [0.2, 0.25) is 0 Å². The van der Waals surface area contributed by atoms with Crippen LogP contribution in [-0.4, -0.2) is 18.4 Å². The predicted octanol–water partition coefficient (Wildman–Crippen LogP) is 6.58. The van der Waals surface area contributed by atoms with Gasteiger partial charge in [-0.2, -0.15) is 0 Å². The first-order valence-corrected chi connectivity index (χ1v) is 16.1. The third kappa shape index (κ3) is 8.39. The summed E-state index contributed by atoms with van der Waals surface area (Å²) < 4.78 is 6.31. The molecule has 0 amide bonds. The molecule has 18 heavy (non-hydrogen) atoms. The van der Waals surface area contributed by atoms with Crippen LogP contribution in [0.3, 0.4) is 0 Å². The van der Waals surface area contributed by atoms with Gasteiger partial charge in [0.15, 0.2) is 0 Å². The van der Waals surface area contributed by atoms with Crippen LogP contribution in [-0.2, 0) is 0 Å². The molecular formula is C17H34Sn. The molecule has 0 fully saturated rings. The Morgan fingerprint density at radius 2 is 1.28 bits per heavy atom. The molecule has 0 saturated heterocycles. The molecule has 0 aromatic heterocycles. The standard InChI is InChI=1S/C5H7.3C4H9.Sn/c1-3-5-4-2;3*1-3-4-2;/h3-5H,1-2H2;3*1,3-4H2,2H3;/b5-3+;;;;. The van der Waals surface area contributed by atoms with Crippen molar-refractivity contribution >= 4 is 18.4 Å². The molecule has 0 aliphatic rings. The topological polar surface area (TPSA) is 0 Å². The molecule has 106 valence electrons. The first kappa shape index (κ1) is 18.3. The van der Waals surface area contributed by atoms with E-state index in [1.54, 1.807) is 13.3 Å². The predicted molar refractivity (Wildman–Crippen MR) is 89.0 cm³/mol. The Morgan fingerprint density at radius 1 is 0.833 bits per heavy atom. The molecule has 0 nitrogen and oxygen atoms in total. The van der Waals surface area contributed by atoms with E-state index >= 15 is 0 Å². The molecule has 0 heterocycles. The van der Waals surface area contributed by atoms with E-state index in [9.17, 15) is 0 Å².